The Balaban J connectivity index is 1.10. The maximum absolute atomic E-state index is 13.2. The number of likely N-dealkylation sites (tertiary alicyclic amines) is 1. The molecule has 1 unspecified atom stereocenters. The third-order valence-corrected chi connectivity index (χ3v) is 7.42. The molecule has 36 heavy (non-hydrogen) atoms. The maximum atomic E-state index is 13.2. The molecule has 1 atom stereocenters. The summed E-state index contributed by atoms with van der Waals surface area (Å²) in [5.41, 5.74) is 13.0. The number of piperidine rings is 1. The molecule has 0 bridgehead atoms. The molecule has 6 rings (SSSR count). The lowest BCUT2D eigenvalue weighted by molar-refractivity contribution is 0.0835. The standard InChI is InChI=1S/C28H29FN6O/c1-16-31-26-22(14-25(30)34-28(26)32-16)24-13-20-3-2-17(12-23(20)33-24)15-35-10-8-19(9-11-35)27(36)18-4-6-21(29)7-5-18/h2-7,12,14,19,24,33H,8-11,13,15H2,1H3,(H3,30,31,32,34). The van der Waals surface area contributed by atoms with Gasteiger partial charge in [-0.1, -0.05) is 12.1 Å². The molecule has 1 fully saturated rings. The average Bonchev–Trinajstić information content (AvgIpc) is 3.46. The molecular formula is C28H29FN6O. The topological polar surface area (TPSA) is 99.9 Å². The van der Waals surface area contributed by atoms with Crippen LogP contribution in [0.1, 0.15) is 51.8 Å². The number of nitrogens with zero attached hydrogens (tertiary/aromatic N) is 3. The second-order valence-electron chi connectivity index (χ2n) is 9.97. The first-order valence-corrected chi connectivity index (χ1v) is 12.5. The molecule has 1 saturated heterocycles. The quantitative estimate of drug-likeness (QED) is 0.352. The zero-order valence-electron chi connectivity index (χ0n) is 20.2. The number of carbonyl (C=O) groups is 1. The van der Waals surface area contributed by atoms with E-state index in [-0.39, 0.29) is 23.6 Å². The van der Waals surface area contributed by atoms with Gasteiger partial charge >= 0.3 is 0 Å². The fourth-order valence-electron chi connectivity index (χ4n) is 5.56. The number of carbonyl (C=O) groups excluding carboxylic acids is 1. The lowest BCUT2D eigenvalue weighted by atomic mass is 9.88. The molecule has 0 saturated carbocycles. The molecule has 0 spiro atoms. The Labute approximate surface area is 208 Å². The number of H-pyrrole nitrogens is 1. The molecule has 2 aromatic carbocycles. The number of pyridine rings is 1. The van der Waals surface area contributed by atoms with E-state index in [0.29, 0.717) is 11.4 Å². The van der Waals surface area contributed by atoms with Gasteiger partial charge in [0.2, 0.25) is 0 Å². The van der Waals surface area contributed by atoms with Crippen LogP contribution in [0.2, 0.25) is 0 Å². The number of fused-ring (bicyclic) bond motifs is 2. The van der Waals surface area contributed by atoms with Crippen LogP contribution in [-0.2, 0) is 13.0 Å². The van der Waals surface area contributed by atoms with E-state index in [1.165, 1.54) is 23.3 Å². The molecule has 2 aliphatic rings. The van der Waals surface area contributed by atoms with Crippen LogP contribution < -0.4 is 11.1 Å². The number of aromatic amines is 1. The van der Waals surface area contributed by atoms with Crippen LogP contribution in [-0.4, -0.2) is 38.7 Å². The highest BCUT2D eigenvalue weighted by Crippen LogP contribution is 2.37. The molecule has 2 aromatic heterocycles. The number of aryl methyl sites for hydroxylation is 1. The van der Waals surface area contributed by atoms with Gasteiger partial charge in [-0.05, 0) is 86.8 Å². The predicted octanol–water partition coefficient (Wildman–Crippen LogP) is 4.79. The van der Waals surface area contributed by atoms with Gasteiger partial charge in [0.05, 0.1) is 6.04 Å². The molecule has 7 nitrogen and oxygen atoms in total. The Morgan fingerprint density at radius 1 is 1.11 bits per heavy atom. The third-order valence-electron chi connectivity index (χ3n) is 7.42. The van der Waals surface area contributed by atoms with Gasteiger partial charge in [0, 0.05) is 29.3 Å². The number of benzene rings is 2. The van der Waals surface area contributed by atoms with Crippen molar-refractivity contribution in [1.29, 1.82) is 0 Å². The number of nitrogens with one attached hydrogen (secondary N) is 2. The van der Waals surface area contributed by atoms with Crippen LogP contribution >= 0.6 is 0 Å². The predicted molar refractivity (Wildman–Crippen MR) is 138 cm³/mol. The number of nitrogen functional groups attached to an aromatic ring is 1. The van der Waals surface area contributed by atoms with Crippen LogP contribution in [0.15, 0.2) is 48.5 Å². The third kappa shape index (κ3) is 4.33. The summed E-state index contributed by atoms with van der Waals surface area (Å²) >= 11 is 0. The van der Waals surface area contributed by atoms with E-state index in [1.54, 1.807) is 12.1 Å². The van der Waals surface area contributed by atoms with Gasteiger partial charge in [-0.2, -0.15) is 0 Å². The minimum absolute atomic E-state index is 0.00414. The minimum atomic E-state index is -0.314. The molecule has 4 heterocycles. The number of hydrogen-bond donors (Lipinski definition) is 3. The highest BCUT2D eigenvalue weighted by molar-refractivity contribution is 5.97. The summed E-state index contributed by atoms with van der Waals surface area (Å²) in [6.07, 6.45) is 2.52. The summed E-state index contributed by atoms with van der Waals surface area (Å²) in [4.78, 5) is 27.4. The normalized spacial score (nSPS) is 18.3. The number of aromatic nitrogens is 3. The largest absolute Gasteiger partial charge is 0.384 e. The van der Waals surface area contributed by atoms with Gasteiger partial charge in [-0.3, -0.25) is 9.69 Å². The Morgan fingerprint density at radius 3 is 2.67 bits per heavy atom. The summed E-state index contributed by atoms with van der Waals surface area (Å²) in [6, 6.07) is 14.6. The molecule has 2 aliphatic heterocycles. The van der Waals surface area contributed by atoms with Crippen LogP contribution in [0.4, 0.5) is 15.9 Å². The van der Waals surface area contributed by atoms with Crippen molar-refractivity contribution < 1.29 is 9.18 Å². The summed E-state index contributed by atoms with van der Waals surface area (Å²) in [7, 11) is 0. The number of halogens is 1. The SMILES string of the molecule is Cc1nc2c(C3Cc4ccc(CN5CCC(C(=O)c6ccc(F)cc6)CC5)cc4N3)cc(N)nc2[nH]1. The highest BCUT2D eigenvalue weighted by Gasteiger charge is 2.28. The first kappa shape index (κ1) is 22.7. The Morgan fingerprint density at radius 2 is 1.89 bits per heavy atom. The van der Waals surface area contributed by atoms with Crippen molar-refractivity contribution in [3.8, 4) is 0 Å². The molecule has 4 aromatic rings. The van der Waals surface area contributed by atoms with Crippen molar-refractivity contribution in [3.05, 3.63) is 82.4 Å². The van der Waals surface area contributed by atoms with E-state index in [1.807, 2.05) is 13.0 Å². The van der Waals surface area contributed by atoms with Crippen LogP contribution in [0.3, 0.4) is 0 Å². The highest BCUT2D eigenvalue weighted by atomic mass is 19.1. The Kier molecular flexibility index (Phi) is 5.68. The van der Waals surface area contributed by atoms with Crippen molar-refractivity contribution in [2.24, 2.45) is 5.92 Å². The number of Topliss-reactive ketones (excluding diaryl/α,β-unsaturated/α-hetero) is 1. The van der Waals surface area contributed by atoms with Gasteiger partial charge in [0.15, 0.2) is 11.4 Å². The molecule has 184 valence electrons. The lowest BCUT2D eigenvalue weighted by Gasteiger charge is -2.31. The first-order chi connectivity index (χ1) is 17.4. The number of anilines is 2. The molecule has 0 amide bonds. The van der Waals surface area contributed by atoms with Gasteiger partial charge in [-0.15, -0.1) is 0 Å². The maximum Gasteiger partial charge on any atom is 0.166 e. The van der Waals surface area contributed by atoms with Crippen molar-refractivity contribution in [2.75, 3.05) is 24.1 Å². The van der Waals surface area contributed by atoms with Crippen LogP contribution in [0.25, 0.3) is 11.2 Å². The van der Waals surface area contributed by atoms with Crippen molar-refractivity contribution in [2.45, 2.75) is 38.8 Å². The zero-order valence-corrected chi connectivity index (χ0v) is 20.2. The Hall–Kier alpha value is -3.78. The summed E-state index contributed by atoms with van der Waals surface area (Å²) in [6.45, 7) is 4.52. The van der Waals surface area contributed by atoms with Gasteiger partial charge in [0.25, 0.3) is 0 Å². The smallest absolute Gasteiger partial charge is 0.166 e. The van der Waals surface area contributed by atoms with Crippen molar-refractivity contribution in [1.82, 2.24) is 19.9 Å². The van der Waals surface area contributed by atoms with Gasteiger partial charge < -0.3 is 16.0 Å². The number of hydrogen-bond acceptors (Lipinski definition) is 6. The number of ketones is 1. The summed E-state index contributed by atoms with van der Waals surface area (Å²) < 4.78 is 13.2. The van der Waals surface area contributed by atoms with Crippen LogP contribution in [0, 0.1) is 18.7 Å². The van der Waals surface area contributed by atoms with Crippen LogP contribution in [0.5, 0.6) is 0 Å². The molecule has 0 radical (unpaired) electrons. The monoisotopic (exact) mass is 484 g/mol. The van der Waals surface area contributed by atoms with E-state index >= 15 is 0 Å². The van der Waals surface area contributed by atoms with E-state index in [4.69, 9.17) is 5.73 Å². The second-order valence-corrected chi connectivity index (χ2v) is 9.97. The number of imidazole rings is 1. The summed E-state index contributed by atoms with van der Waals surface area (Å²) in [5.74, 6) is 1.13. The van der Waals surface area contributed by atoms with Gasteiger partial charge in [0.1, 0.15) is 23.0 Å². The fourth-order valence-corrected chi connectivity index (χ4v) is 5.56. The van der Waals surface area contributed by atoms with E-state index in [9.17, 15) is 9.18 Å². The Bertz CT molecular complexity index is 1440. The first-order valence-electron chi connectivity index (χ1n) is 12.5. The van der Waals surface area contributed by atoms with E-state index < -0.39 is 0 Å². The molecule has 0 aliphatic carbocycles. The van der Waals surface area contributed by atoms with Crippen molar-refractivity contribution >= 4 is 28.5 Å². The minimum Gasteiger partial charge on any atom is -0.384 e. The van der Waals surface area contributed by atoms with E-state index in [0.717, 1.165) is 67.1 Å². The summed E-state index contributed by atoms with van der Waals surface area (Å²) in [5, 5.41) is 3.67. The van der Waals surface area contributed by atoms with Crippen molar-refractivity contribution in [3.63, 3.8) is 0 Å². The number of nitrogens with two attached hydrogens (primary N) is 1. The average molecular weight is 485 g/mol. The molecule has 8 heteroatoms. The fraction of sp³-hybridized carbons (Fsp3) is 0.321. The van der Waals surface area contributed by atoms with Gasteiger partial charge in [-0.25, -0.2) is 14.4 Å². The number of rotatable bonds is 5. The molecule has 4 N–H and O–H groups in total. The lowest BCUT2D eigenvalue weighted by Crippen LogP contribution is -2.36. The second kappa shape index (κ2) is 9.02. The molecular weight excluding hydrogens is 455 g/mol. The zero-order chi connectivity index (χ0) is 24.8. The van der Waals surface area contributed by atoms with E-state index in [2.05, 4.69) is 43.4 Å².